The summed E-state index contributed by atoms with van der Waals surface area (Å²) in [6.07, 6.45) is 2.27. The second-order valence-electron chi connectivity index (χ2n) is 5.15. The molecule has 18 heavy (non-hydrogen) atoms. The Morgan fingerprint density at radius 3 is 1.44 bits per heavy atom. The van der Waals surface area contributed by atoms with Gasteiger partial charge in [-0.3, -0.25) is 0 Å². The van der Waals surface area contributed by atoms with Gasteiger partial charge in [-0.25, -0.2) is 0 Å². The van der Waals surface area contributed by atoms with Crippen molar-refractivity contribution >= 4 is 0 Å². The smallest absolute Gasteiger partial charge is 0.0242 e. The highest BCUT2D eigenvalue weighted by atomic mass is 14.2. The van der Waals surface area contributed by atoms with Crippen LogP contribution in [0.2, 0.25) is 0 Å². The standard InChI is InChI=1S/C18H21/c1-15(2)18(13-16-9-5-3-6-10-16)14-17-11-7-4-8-12-17/h3-12,18H,13-14H2,1-2H3. The zero-order chi connectivity index (χ0) is 12.8. The molecule has 1 radical (unpaired) electrons. The van der Waals surface area contributed by atoms with Crippen LogP contribution in [0, 0.1) is 11.8 Å². The summed E-state index contributed by atoms with van der Waals surface area (Å²) in [5.74, 6) is 2.15. The van der Waals surface area contributed by atoms with Gasteiger partial charge in [0.15, 0.2) is 0 Å². The molecular weight excluding hydrogens is 216 g/mol. The Kier molecular flexibility index (Phi) is 4.58. The molecule has 0 heterocycles. The summed E-state index contributed by atoms with van der Waals surface area (Å²) in [6, 6.07) is 21.6. The SMILES string of the molecule is C[C](C)C(Cc1ccccc1)Cc1ccccc1. The maximum Gasteiger partial charge on any atom is -0.0242 e. The van der Waals surface area contributed by atoms with Gasteiger partial charge in [0.05, 0.1) is 0 Å². The van der Waals surface area contributed by atoms with Crippen LogP contribution in [0.25, 0.3) is 0 Å². The molecule has 0 nitrogen and oxygen atoms in total. The van der Waals surface area contributed by atoms with Crippen molar-refractivity contribution in [2.75, 3.05) is 0 Å². The molecule has 0 unspecified atom stereocenters. The van der Waals surface area contributed by atoms with E-state index in [1.807, 2.05) is 0 Å². The molecule has 0 heteroatoms. The predicted molar refractivity (Wildman–Crippen MR) is 78.4 cm³/mol. The summed E-state index contributed by atoms with van der Waals surface area (Å²) < 4.78 is 0. The van der Waals surface area contributed by atoms with E-state index < -0.39 is 0 Å². The van der Waals surface area contributed by atoms with Crippen molar-refractivity contribution in [1.29, 1.82) is 0 Å². The van der Waals surface area contributed by atoms with E-state index in [-0.39, 0.29) is 0 Å². The molecule has 0 aromatic heterocycles. The zero-order valence-corrected chi connectivity index (χ0v) is 11.3. The van der Waals surface area contributed by atoms with Crippen molar-refractivity contribution in [3.63, 3.8) is 0 Å². The first kappa shape index (κ1) is 12.9. The van der Waals surface area contributed by atoms with Crippen molar-refractivity contribution in [3.05, 3.63) is 77.7 Å². The van der Waals surface area contributed by atoms with Gasteiger partial charge in [0, 0.05) is 0 Å². The first-order valence-corrected chi connectivity index (χ1v) is 6.63. The summed E-state index contributed by atoms with van der Waals surface area (Å²) in [6.45, 7) is 4.49. The molecule has 0 amide bonds. The second-order valence-corrected chi connectivity index (χ2v) is 5.15. The van der Waals surface area contributed by atoms with E-state index in [1.165, 1.54) is 17.0 Å². The van der Waals surface area contributed by atoms with Gasteiger partial charge in [0.2, 0.25) is 0 Å². The molecule has 93 valence electrons. The number of benzene rings is 2. The Balaban J connectivity index is 2.05. The van der Waals surface area contributed by atoms with Gasteiger partial charge >= 0.3 is 0 Å². The van der Waals surface area contributed by atoms with E-state index in [2.05, 4.69) is 74.5 Å². The van der Waals surface area contributed by atoms with Crippen LogP contribution in [-0.4, -0.2) is 0 Å². The molecule has 0 atom stereocenters. The molecule has 2 rings (SSSR count). The van der Waals surface area contributed by atoms with Gasteiger partial charge in [-0.05, 0) is 35.8 Å². The Morgan fingerprint density at radius 1 is 0.722 bits per heavy atom. The summed E-state index contributed by atoms with van der Waals surface area (Å²) in [5.41, 5.74) is 2.86. The summed E-state index contributed by atoms with van der Waals surface area (Å²) >= 11 is 0. The lowest BCUT2D eigenvalue weighted by Crippen LogP contribution is -2.13. The lowest BCUT2D eigenvalue weighted by atomic mass is 9.84. The highest BCUT2D eigenvalue weighted by Crippen LogP contribution is 2.23. The lowest BCUT2D eigenvalue weighted by molar-refractivity contribution is 0.541. The Labute approximate surface area is 111 Å². The maximum absolute atomic E-state index is 2.25. The van der Waals surface area contributed by atoms with Crippen LogP contribution in [0.3, 0.4) is 0 Å². The largest absolute Gasteiger partial charge is 0.0622 e. The molecule has 0 saturated heterocycles. The second kappa shape index (κ2) is 6.39. The van der Waals surface area contributed by atoms with Crippen molar-refractivity contribution < 1.29 is 0 Å². The van der Waals surface area contributed by atoms with Gasteiger partial charge in [0.1, 0.15) is 0 Å². The Hall–Kier alpha value is -1.56. The van der Waals surface area contributed by atoms with E-state index >= 15 is 0 Å². The molecule has 2 aromatic carbocycles. The van der Waals surface area contributed by atoms with Crippen LogP contribution >= 0.6 is 0 Å². The quantitative estimate of drug-likeness (QED) is 0.707. The van der Waals surface area contributed by atoms with E-state index in [1.54, 1.807) is 0 Å². The van der Waals surface area contributed by atoms with E-state index in [9.17, 15) is 0 Å². The van der Waals surface area contributed by atoms with Crippen molar-refractivity contribution in [2.24, 2.45) is 5.92 Å². The van der Waals surface area contributed by atoms with Crippen molar-refractivity contribution in [1.82, 2.24) is 0 Å². The van der Waals surface area contributed by atoms with Crippen LogP contribution in [0.5, 0.6) is 0 Å². The molecule has 2 aromatic rings. The number of rotatable bonds is 5. The Morgan fingerprint density at radius 2 is 1.11 bits per heavy atom. The van der Waals surface area contributed by atoms with Gasteiger partial charge in [0.25, 0.3) is 0 Å². The average Bonchev–Trinajstić information content (AvgIpc) is 2.40. The minimum absolute atomic E-state index is 0.634. The van der Waals surface area contributed by atoms with Crippen molar-refractivity contribution in [3.8, 4) is 0 Å². The molecule has 0 aliphatic carbocycles. The lowest BCUT2D eigenvalue weighted by Gasteiger charge is -2.20. The van der Waals surface area contributed by atoms with Gasteiger partial charge in [-0.2, -0.15) is 0 Å². The van der Waals surface area contributed by atoms with Crippen molar-refractivity contribution in [2.45, 2.75) is 26.7 Å². The molecule has 0 aliphatic rings. The summed E-state index contributed by atoms with van der Waals surface area (Å²) in [4.78, 5) is 0. The van der Waals surface area contributed by atoms with Crippen LogP contribution < -0.4 is 0 Å². The molecule has 0 spiro atoms. The molecular formula is C18H21. The van der Waals surface area contributed by atoms with E-state index in [0.717, 1.165) is 12.8 Å². The number of hydrogen-bond acceptors (Lipinski definition) is 0. The first-order chi connectivity index (χ1) is 8.75. The molecule has 0 aliphatic heterocycles. The van der Waals surface area contributed by atoms with Gasteiger partial charge in [-0.1, -0.05) is 74.5 Å². The first-order valence-electron chi connectivity index (χ1n) is 6.63. The third-order valence-corrected chi connectivity index (χ3v) is 3.47. The zero-order valence-electron chi connectivity index (χ0n) is 11.3. The summed E-state index contributed by atoms with van der Waals surface area (Å²) in [5, 5.41) is 0. The monoisotopic (exact) mass is 237 g/mol. The molecule has 0 fully saturated rings. The highest BCUT2D eigenvalue weighted by molar-refractivity contribution is 5.20. The minimum atomic E-state index is 0.634. The molecule has 0 bridgehead atoms. The maximum atomic E-state index is 2.25. The van der Waals surface area contributed by atoms with Gasteiger partial charge in [-0.15, -0.1) is 0 Å². The average molecular weight is 237 g/mol. The van der Waals surface area contributed by atoms with Crippen LogP contribution in [0.4, 0.5) is 0 Å². The highest BCUT2D eigenvalue weighted by Gasteiger charge is 2.15. The predicted octanol–water partition coefficient (Wildman–Crippen LogP) is 4.70. The fourth-order valence-corrected chi connectivity index (χ4v) is 2.28. The summed E-state index contributed by atoms with van der Waals surface area (Å²) in [7, 11) is 0. The van der Waals surface area contributed by atoms with Crippen LogP contribution in [-0.2, 0) is 12.8 Å². The van der Waals surface area contributed by atoms with Crippen LogP contribution in [0.15, 0.2) is 60.7 Å². The fourth-order valence-electron chi connectivity index (χ4n) is 2.28. The third kappa shape index (κ3) is 3.73. The number of hydrogen-bond donors (Lipinski definition) is 0. The topological polar surface area (TPSA) is 0 Å². The van der Waals surface area contributed by atoms with E-state index in [4.69, 9.17) is 0 Å². The minimum Gasteiger partial charge on any atom is -0.0622 e. The Bertz CT molecular complexity index is 400. The third-order valence-electron chi connectivity index (χ3n) is 3.47. The molecule has 0 saturated carbocycles. The van der Waals surface area contributed by atoms with Crippen LogP contribution in [0.1, 0.15) is 25.0 Å². The van der Waals surface area contributed by atoms with Gasteiger partial charge < -0.3 is 0 Å². The normalized spacial score (nSPS) is 11.1. The molecule has 0 N–H and O–H groups in total. The van der Waals surface area contributed by atoms with E-state index in [0.29, 0.717) is 5.92 Å². The fraction of sp³-hybridized carbons (Fsp3) is 0.278.